The molecule has 0 aliphatic carbocycles. The molecule has 4 heteroatoms. The fourth-order valence-corrected chi connectivity index (χ4v) is 5.88. The van der Waals surface area contributed by atoms with Crippen molar-refractivity contribution in [2.45, 2.75) is 246 Å². The quantitative estimate of drug-likeness (QED) is 0.0499. The maximum atomic E-state index is 10.9. The molecule has 0 atom stereocenters. The van der Waals surface area contributed by atoms with E-state index in [1.165, 1.54) is 193 Å². The van der Waals surface area contributed by atoms with Crippen LogP contribution in [0.15, 0.2) is 0 Å². The molecule has 0 aliphatic heterocycles. The number of ether oxygens (including phenoxy) is 2. The molecule has 0 rings (SSSR count). The van der Waals surface area contributed by atoms with Gasteiger partial charge in [-0.25, -0.2) is 0 Å². The number of rotatable bonds is 36. The highest BCUT2D eigenvalue weighted by atomic mass is 16.5. The van der Waals surface area contributed by atoms with Crippen molar-refractivity contribution in [3.63, 3.8) is 0 Å². The Balaban J connectivity index is 0. The minimum atomic E-state index is -0.0639. The van der Waals surface area contributed by atoms with E-state index in [2.05, 4.69) is 13.8 Å². The zero-order chi connectivity index (χ0) is 34.0. The number of hydrogen-bond donors (Lipinski definition) is 0. The second kappa shape index (κ2) is 43.9. The van der Waals surface area contributed by atoms with Crippen molar-refractivity contribution in [1.82, 2.24) is 0 Å². The van der Waals surface area contributed by atoms with Crippen LogP contribution in [0.1, 0.15) is 246 Å². The first-order valence-electron chi connectivity index (χ1n) is 20.9. The summed E-state index contributed by atoms with van der Waals surface area (Å²) in [4.78, 5) is 21.9. The van der Waals surface area contributed by atoms with Gasteiger partial charge in [0.15, 0.2) is 0 Å². The summed E-state index contributed by atoms with van der Waals surface area (Å²) < 4.78 is 10.1. The summed E-state index contributed by atoms with van der Waals surface area (Å²) in [6.07, 6.45) is 44.9. The summed E-state index contributed by atoms with van der Waals surface area (Å²) >= 11 is 0. The smallest absolute Gasteiger partial charge is 0.305 e. The van der Waals surface area contributed by atoms with Crippen LogP contribution in [0.4, 0.5) is 0 Å². The average Bonchev–Trinajstić information content (AvgIpc) is 3.07. The first-order chi connectivity index (χ1) is 22.6. The minimum absolute atomic E-state index is 0.0639. The monoisotopic (exact) mass is 653 g/mol. The Morgan fingerprint density at radius 3 is 0.630 bits per heavy atom. The van der Waals surface area contributed by atoms with Crippen molar-refractivity contribution in [1.29, 1.82) is 0 Å². The number of unbranched alkanes of at least 4 members (excludes halogenated alkanes) is 30. The minimum Gasteiger partial charge on any atom is -0.466 e. The molecule has 46 heavy (non-hydrogen) atoms. The summed E-state index contributed by atoms with van der Waals surface area (Å²) in [6, 6.07) is 0. The van der Waals surface area contributed by atoms with Gasteiger partial charge in [0.25, 0.3) is 0 Å². The Labute approximate surface area is 289 Å². The summed E-state index contributed by atoms with van der Waals surface area (Å²) in [5, 5.41) is 0. The molecular weight excluding hydrogens is 568 g/mol. The van der Waals surface area contributed by atoms with E-state index in [4.69, 9.17) is 9.47 Å². The SMILES string of the molecule is CCCCCCCCCCCCCCCCCCOC(=O)CC.CCCCCCCCCCCCCCCCCCOC(=O)CC. The zero-order valence-corrected chi connectivity index (χ0v) is 32.1. The van der Waals surface area contributed by atoms with Crippen LogP contribution < -0.4 is 0 Å². The van der Waals surface area contributed by atoms with E-state index < -0.39 is 0 Å². The molecule has 0 unspecified atom stereocenters. The van der Waals surface area contributed by atoms with E-state index >= 15 is 0 Å². The summed E-state index contributed by atoms with van der Waals surface area (Å²) in [7, 11) is 0. The highest BCUT2D eigenvalue weighted by molar-refractivity contribution is 5.69. The Kier molecular flexibility index (Phi) is 45.0. The Bertz CT molecular complexity index is 526. The molecule has 0 aliphatic rings. The van der Waals surface area contributed by atoms with Gasteiger partial charge >= 0.3 is 11.9 Å². The fourth-order valence-electron chi connectivity index (χ4n) is 5.88. The average molecular weight is 653 g/mol. The molecule has 4 nitrogen and oxygen atoms in total. The van der Waals surface area contributed by atoms with Crippen LogP contribution in [0.25, 0.3) is 0 Å². The van der Waals surface area contributed by atoms with Gasteiger partial charge < -0.3 is 9.47 Å². The molecule has 0 N–H and O–H groups in total. The van der Waals surface area contributed by atoms with E-state index in [0.29, 0.717) is 26.1 Å². The van der Waals surface area contributed by atoms with Crippen LogP contribution >= 0.6 is 0 Å². The summed E-state index contributed by atoms with van der Waals surface area (Å²) in [6.45, 7) is 9.48. The fraction of sp³-hybridized carbons (Fsp3) is 0.952. The van der Waals surface area contributed by atoms with E-state index in [9.17, 15) is 9.59 Å². The van der Waals surface area contributed by atoms with E-state index in [1.54, 1.807) is 0 Å². The molecule has 0 aromatic rings. The molecule has 0 heterocycles. The molecule has 0 fully saturated rings. The Morgan fingerprint density at radius 1 is 0.283 bits per heavy atom. The number of carbonyl (C=O) groups is 2. The summed E-state index contributed by atoms with van der Waals surface area (Å²) in [5.74, 6) is -0.128. The number of esters is 2. The maximum Gasteiger partial charge on any atom is 0.305 e. The molecule has 0 saturated carbocycles. The highest BCUT2D eigenvalue weighted by Crippen LogP contribution is 2.15. The number of hydrogen-bond acceptors (Lipinski definition) is 4. The normalized spacial score (nSPS) is 10.9. The first-order valence-corrected chi connectivity index (χ1v) is 20.9. The van der Waals surface area contributed by atoms with Crippen LogP contribution in [0.2, 0.25) is 0 Å². The van der Waals surface area contributed by atoms with Gasteiger partial charge in [0.2, 0.25) is 0 Å². The van der Waals surface area contributed by atoms with Gasteiger partial charge in [-0.15, -0.1) is 0 Å². The predicted molar refractivity (Wildman–Crippen MR) is 202 cm³/mol. The van der Waals surface area contributed by atoms with Crippen molar-refractivity contribution in [2.75, 3.05) is 13.2 Å². The zero-order valence-electron chi connectivity index (χ0n) is 32.1. The van der Waals surface area contributed by atoms with Crippen LogP contribution in [0.5, 0.6) is 0 Å². The molecule has 0 spiro atoms. The third kappa shape index (κ3) is 45.1. The van der Waals surface area contributed by atoms with Gasteiger partial charge in [0, 0.05) is 12.8 Å². The third-order valence-electron chi connectivity index (χ3n) is 9.10. The standard InChI is InChI=1S/2C21H42O2/c2*1-3-5-6-7-8-9-10-11-12-13-14-15-16-17-18-19-20-23-21(22)4-2/h2*3-20H2,1-2H3. The van der Waals surface area contributed by atoms with Gasteiger partial charge in [-0.3, -0.25) is 9.59 Å². The van der Waals surface area contributed by atoms with Gasteiger partial charge in [0.1, 0.15) is 0 Å². The van der Waals surface area contributed by atoms with E-state index in [-0.39, 0.29) is 11.9 Å². The van der Waals surface area contributed by atoms with Crippen molar-refractivity contribution >= 4 is 11.9 Å². The van der Waals surface area contributed by atoms with Gasteiger partial charge in [-0.1, -0.05) is 220 Å². The maximum absolute atomic E-state index is 10.9. The lowest BCUT2D eigenvalue weighted by molar-refractivity contribution is -0.144. The Morgan fingerprint density at radius 2 is 0.457 bits per heavy atom. The van der Waals surface area contributed by atoms with E-state index in [1.807, 2.05) is 13.8 Å². The van der Waals surface area contributed by atoms with E-state index in [0.717, 1.165) is 12.8 Å². The van der Waals surface area contributed by atoms with Crippen molar-refractivity contribution in [3.05, 3.63) is 0 Å². The van der Waals surface area contributed by atoms with Crippen LogP contribution in [0, 0.1) is 0 Å². The topological polar surface area (TPSA) is 52.6 Å². The van der Waals surface area contributed by atoms with Crippen molar-refractivity contribution < 1.29 is 19.1 Å². The van der Waals surface area contributed by atoms with Crippen molar-refractivity contribution in [2.24, 2.45) is 0 Å². The molecule has 0 aromatic carbocycles. The lowest BCUT2D eigenvalue weighted by Gasteiger charge is -2.04. The lowest BCUT2D eigenvalue weighted by Crippen LogP contribution is -2.03. The van der Waals surface area contributed by atoms with Gasteiger partial charge in [-0.2, -0.15) is 0 Å². The van der Waals surface area contributed by atoms with Gasteiger partial charge in [0.05, 0.1) is 13.2 Å². The second-order valence-corrected chi connectivity index (χ2v) is 13.8. The van der Waals surface area contributed by atoms with Crippen molar-refractivity contribution in [3.8, 4) is 0 Å². The van der Waals surface area contributed by atoms with Crippen LogP contribution in [-0.2, 0) is 19.1 Å². The molecule has 0 aromatic heterocycles. The first kappa shape index (κ1) is 47.1. The molecular formula is C42H84O4. The predicted octanol–water partition coefficient (Wildman–Crippen LogP) is 14.4. The second-order valence-electron chi connectivity index (χ2n) is 13.8. The Hall–Kier alpha value is -1.06. The lowest BCUT2D eigenvalue weighted by atomic mass is 10.0. The summed E-state index contributed by atoms with van der Waals surface area (Å²) in [5.41, 5.74) is 0. The van der Waals surface area contributed by atoms with Crippen LogP contribution in [-0.4, -0.2) is 25.2 Å². The van der Waals surface area contributed by atoms with Gasteiger partial charge in [-0.05, 0) is 12.8 Å². The highest BCUT2D eigenvalue weighted by Gasteiger charge is 1.99. The molecule has 276 valence electrons. The largest absolute Gasteiger partial charge is 0.466 e. The van der Waals surface area contributed by atoms with Crippen LogP contribution in [0.3, 0.4) is 0 Å². The molecule has 0 bridgehead atoms. The number of carbonyl (C=O) groups excluding carboxylic acids is 2. The molecule has 0 radical (unpaired) electrons. The molecule has 0 saturated heterocycles. The molecule has 0 amide bonds. The third-order valence-corrected chi connectivity index (χ3v) is 9.10.